The van der Waals surface area contributed by atoms with E-state index >= 15 is 0 Å². The van der Waals surface area contributed by atoms with Gasteiger partial charge in [-0.3, -0.25) is 14.4 Å². The number of aliphatic hydroxyl groups excluding tert-OH is 1. The minimum Gasteiger partial charge on any atom is -0.461 e. The lowest BCUT2D eigenvalue weighted by Crippen LogP contribution is -2.57. The quantitative estimate of drug-likeness (QED) is 0.330. The van der Waals surface area contributed by atoms with Crippen molar-refractivity contribution in [3.63, 3.8) is 0 Å². The van der Waals surface area contributed by atoms with Gasteiger partial charge in [0.05, 0.1) is 29.2 Å². The Hall–Kier alpha value is -3.36. The van der Waals surface area contributed by atoms with E-state index in [1.807, 2.05) is 60.7 Å². The third-order valence-electron chi connectivity index (χ3n) is 8.60. The smallest absolute Gasteiger partial charge is 0.311 e. The molecule has 3 heterocycles. The van der Waals surface area contributed by atoms with Crippen molar-refractivity contribution < 1.29 is 24.2 Å². The molecule has 1 N–H and O–H groups in total. The van der Waals surface area contributed by atoms with Crippen molar-refractivity contribution >= 4 is 29.5 Å². The van der Waals surface area contributed by atoms with Crippen LogP contribution in [0.3, 0.4) is 0 Å². The van der Waals surface area contributed by atoms with Crippen LogP contribution in [0.2, 0.25) is 0 Å². The molecule has 2 bridgehead atoms. The molecule has 3 aliphatic heterocycles. The van der Waals surface area contributed by atoms with E-state index in [2.05, 4.69) is 20.1 Å². The second-order valence-electron chi connectivity index (χ2n) is 10.8. The lowest BCUT2D eigenvalue weighted by Gasteiger charge is -2.42. The van der Waals surface area contributed by atoms with Gasteiger partial charge in [-0.1, -0.05) is 86.3 Å². The van der Waals surface area contributed by atoms with E-state index in [9.17, 15) is 19.5 Å². The zero-order chi connectivity index (χ0) is 28.4. The SMILES string of the molecule is C=CCOC(=O)[C@@H]1[C@H]2C(=O)N([C@H](CO)c3ccccc3)C(C(=O)N(CC=C)Cc3ccccc3)C23S[C@@H]1CC3C. The van der Waals surface area contributed by atoms with E-state index < -0.39 is 34.6 Å². The number of ether oxygens (including phenoxy) is 1. The highest BCUT2D eigenvalue weighted by atomic mass is 32.2. The molecule has 3 saturated heterocycles. The van der Waals surface area contributed by atoms with Crippen LogP contribution in [0.15, 0.2) is 86.0 Å². The van der Waals surface area contributed by atoms with Gasteiger partial charge in [0.1, 0.15) is 12.6 Å². The zero-order valence-electron chi connectivity index (χ0n) is 22.7. The molecule has 0 aliphatic carbocycles. The van der Waals surface area contributed by atoms with E-state index in [-0.39, 0.29) is 36.2 Å². The molecule has 3 fully saturated rings. The molecular weight excluding hydrogens is 524 g/mol. The molecule has 2 amide bonds. The number of amides is 2. The number of hydrogen-bond donors (Lipinski definition) is 1. The molecule has 5 rings (SSSR count). The average molecular weight is 561 g/mol. The maximum atomic E-state index is 14.7. The Morgan fingerprint density at radius 3 is 2.45 bits per heavy atom. The van der Waals surface area contributed by atoms with Crippen LogP contribution in [0.5, 0.6) is 0 Å². The van der Waals surface area contributed by atoms with Gasteiger partial charge in [0.2, 0.25) is 11.8 Å². The number of aliphatic hydroxyl groups is 1. The Morgan fingerprint density at radius 1 is 1.15 bits per heavy atom. The molecule has 7 atom stereocenters. The summed E-state index contributed by atoms with van der Waals surface area (Å²) >= 11 is 1.59. The fourth-order valence-electron chi connectivity index (χ4n) is 6.97. The van der Waals surface area contributed by atoms with Crippen LogP contribution >= 0.6 is 11.8 Å². The van der Waals surface area contributed by atoms with Crippen LogP contribution in [0.4, 0.5) is 0 Å². The fraction of sp³-hybridized carbons (Fsp3) is 0.406. The Labute approximate surface area is 239 Å². The highest BCUT2D eigenvalue weighted by molar-refractivity contribution is 8.02. The first-order valence-electron chi connectivity index (χ1n) is 13.8. The van der Waals surface area contributed by atoms with Gasteiger partial charge in [-0.2, -0.15) is 0 Å². The van der Waals surface area contributed by atoms with Crippen LogP contribution in [-0.4, -0.2) is 68.5 Å². The van der Waals surface area contributed by atoms with E-state index in [4.69, 9.17) is 4.74 Å². The summed E-state index contributed by atoms with van der Waals surface area (Å²) in [4.78, 5) is 45.9. The molecule has 3 unspecified atom stereocenters. The van der Waals surface area contributed by atoms with Gasteiger partial charge in [0.25, 0.3) is 0 Å². The highest BCUT2D eigenvalue weighted by Crippen LogP contribution is 2.69. The van der Waals surface area contributed by atoms with Crippen molar-refractivity contribution in [2.75, 3.05) is 19.8 Å². The molecule has 0 radical (unpaired) electrons. The van der Waals surface area contributed by atoms with Crippen LogP contribution in [-0.2, 0) is 25.7 Å². The Balaban J connectivity index is 1.62. The molecular formula is C32H36N2O5S. The number of likely N-dealkylation sites (tertiary alicyclic amines) is 1. The minimum absolute atomic E-state index is 0.00345. The predicted octanol–water partition coefficient (Wildman–Crippen LogP) is 4.00. The number of esters is 1. The molecule has 3 aliphatic rings. The lowest BCUT2D eigenvalue weighted by molar-refractivity contribution is -0.154. The van der Waals surface area contributed by atoms with E-state index in [0.29, 0.717) is 19.5 Å². The number of rotatable bonds is 11. The monoisotopic (exact) mass is 560 g/mol. The van der Waals surface area contributed by atoms with Gasteiger partial charge < -0.3 is 19.6 Å². The summed E-state index contributed by atoms with van der Waals surface area (Å²) in [5.41, 5.74) is 1.70. The third-order valence-corrected chi connectivity index (χ3v) is 10.7. The first kappa shape index (κ1) is 28.2. The van der Waals surface area contributed by atoms with Crippen molar-refractivity contribution in [3.05, 3.63) is 97.1 Å². The summed E-state index contributed by atoms with van der Waals surface area (Å²) in [5.74, 6) is -2.29. The number of benzene rings is 2. The average Bonchev–Trinajstić information content (AvgIpc) is 3.56. The summed E-state index contributed by atoms with van der Waals surface area (Å²) in [6.07, 6.45) is 3.91. The number of thioether (sulfide) groups is 1. The Morgan fingerprint density at radius 2 is 1.82 bits per heavy atom. The van der Waals surface area contributed by atoms with Crippen LogP contribution in [0, 0.1) is 17.8 Å². The van der Waals surface area contributed by atoms with Gasteiger partial charge in [0, 0.05) is 18.3 Å². The predicted molar refractivity (Wildman–Crippen MR) is 155 cm³/mol. The molecule has 0 aromatic heterocycles. The molecule has 1 spiro atoms. The van der Waals surface area contributed by atoms with E-state index in [1.54, 1.807) is 27.6 Å². The summed E-state index contributed by atoms with van der Waals surface area (Å²) in [6, 6.07) is 17.4. The first-order valence-corrected chi connectivity index (χ1v) is 14.6. The largest absolute Gasteiger partial charge is 0.461 e. The molecule has 40 heavy (non-hydrogen) atoms. The van der Waals surface area contributed by atoms with Crippen molar-refractivity contribution in [2.24, 2.45) is 17.8 Å². The van der Waals surface area contributed by atoms with Crippen LogP contribution < -0.4 is 0 Å². The fourth-order valence-corrected chi connectivity index (χ4v) is 9.36. The highest BCUT2D eigenvalue weighted by Gasteiger charge is 2.77. The lowest BCUT2D eigenvalue weighted by atomic mass is 9.66. The first-order chi connectivity index (χ1) is 19.4. The third kappa shape index (κ3) is 4.57. The maximum Gasteiger partial charge on any atom is 0.311 e. The van der Waals surface area contributed by atoms with E-state index in [0.717, 1.165) is 11.1 Å². The number of carbonyl (C=O) groups is 3. The summed E-state index contributed by atoms with van der Waals surface area (Å²) in [6.45, 7) is 9.98. The summed E-state index contributed by atoms with van der Waals surface area (Å²) in [5, 5.41) is 10.6. The molecule has 0 saturated carbocycles. The number of nitrogens with zero attached hydrogens (tertiary/aromatic N) is 2. The second-order valence-corrected chi connectivity index (χ2v) is 12.4. The standard InChI is InChI=1S/C32H36N2O5S/c1-4-16-33(19-22-12-8-6-9-13-22)30(37)28-32-21(3)18-25(40-32)26(31(38)39-17-5-2)27(32)29(36)34(28)24(20-35)23-14-10-7-11-15-23/h4-15,21,24-28,35H,1-2,16-20H2,3H3/t21?,24-,25-,26+,27+,28?,32?/m1/s1. The van der Waals surface area contributed by atoms with Crippen molar-refractivity contribution in [1.29, 1.82) is 0 Å². The Kier molecular flexibility index (Phi) is 8.19. The Bertz CT molecular complexity index is 1270. The normalized spacial score (nSPS) is 29.1. The van der Waals surface area contributed by atoms with Crippen molar-refractivity contribution in [1.82, 2.24) is 9.80 Å². The summed E-state index contributed by atoms with van der Waals surface area (Å²) < 4.78 is 4.66. The van der Waals surface area contributed by atoms with E-state index in [1.165, 1.54) is 6.08 Å². The summed E-state index contributed by atoms with van der Waals surface area (Å²) in [7, 11) is 0. The topological polar surface area (TPSA) is 87.1 Å². The van der Waals surface area contributed by atoms with Gasteiger partial charge in [-0.15, -0.1) is 18.3 Å². The number of hydrogen-bond acceptors (Lipinski definition) is 6. The van der Waals surface area contributed by atoms with Crippen LogP contribution in [0.25, 0.3) is 0 Å². The van der Waals surface area contributed by atoms with Gasteiger partial charge in [-0.25, -0.2) is 0 Å². The maximum absolute atomic E-state index is 14.7. The molecule has 210 valence electrons. The second kappa shape index (κ2) is 11.6. The van der Waals surface area contributed by atoms with Gasteiger partial charge in [0.15, 0.2) is 0 Å². The number of carbonyl (C=O) groups excluding carboxylic acids is 3. The molecule has 8 heteroatoms. The molecule has 2 aromatic carbocycles. The molecule has 7 nitrogen and oxygen atoms in total. The van der Waals surface area contributed by atoms with Gasteiger partial charge in [-0.05, 0) is 23.5 Å². The van der Waals surface area contributed by atoms with Crippen LogP contribution in [0.1, 0.15) is 30.5 Å². The zero-order valence-corrected chi connectivity index (χ0v) is 23.5. The number of fused-ring (bicyclic) bond motifs is 1. The van der Waals surface area contributed by atoms with Crippen molar-refractivity contribution in [2.45, 2.75) is 42.0 Å². The molecule has 2 aromatic rings. The van der Waals surface area contributed by atoms with Crippen molar-refractivity contribution in [3.8, 4) is 0 Å². The minimum atomic E-state index is -0.867. The van der Waals surface area contributed by atoms with Gasteiger partial charge >= 0.3 is 5.97 Å².